The zero-order valence-electron chi connectivity index (χ0n) is 14.9. The molecule has 0 bridgehead atoms. The first-order valence-corrected chi connectivity index (χ1v) is 8.47. The van der Waals surface area contributed by atoms with Gasteiger partial charge in [0.2, 0.25) is 0 Å². The summed E-state index contributed by atoms with van der Waals surface area (Å²) in [5.74, 6) is -0.332. The third-order valence-corrected chi connectivity index (χ3v) is 4.30. The lowest BCUT2D eigenvalue weighted by Crippen LogP contribution is -2.38. The molecule has 0 aromatic carbocycles. The molecule has 0 saturated carbocycles. The fourth-order valence-corrected chi connectivity index (χ4v) is 3.05. The molecule has 0 aliphatic carbocycles. The Morgan fingerprint density at radius 2 is 2.04 bits per heavy atom. The first-order valence-electron chi connectivity index (χ1n) is 8.47. The van der Waals surface area contributed by atoms with Crippen LogP contribution in [0.4, 0.5) is 8.78 Å². The van der Waals surface area contributed by atoms with Gasteiger partial charge in [0.05, 0.1) is 11.3 Å². The lowest BCUT2D eigenvalue weighted by atomic mass is 10.1. The lowest BCUT2D eigenvalue weighted by Gasteiger charge is -2.27. The highest BCUT2D eigenvalue weighted by Crippen LogP contribution is 2.25. The molecule has 7 nitrogen and oxygen atoms in total. The van der Waals surface area contributed by atoms with Gasteiger partial charge in [0, 0.05) is 50.9 Å². The zero-order chi connectivity index (χ0) is 19.0. The molecule has 0 unspecified atom stereocenters. The van der Waals surface area contributed by atoms with Gasteiger partial charge in [-0.1, -0.05) is 13.8 Å². The molecule has 0 N–H and O–H groups in total. The molecule has 2 aromatic rings. The molecule has 0 radical (unpaired) electrons. The minimum absolute atomic E-state index is 0.164. The largest absolute Gasteiger partial charge is 0.332 e. The topological polar surface area (TPSA) is 73.0 Å². The van der Waals surface area contributed by atoms with Gasteiger partial charge in [-0.2, -0.15) is 10.2 Å². The average molecular weight is 365 g/mol. The number of aromatic nitrogens is 4. The second-order valence-corrected chi connectivity index (χ2v) is 6.90. The third kappa shape index (κ3) is 3.51. The molecule has 1 amide bonds. The minimum atomic E-state index is -2.78. The number of fused-ring (bicyclic) bond motifs is 1. The molecule has 1 aliphatic heterocycles. The third-order valence-electron chi connectivity index (χ3n) is 4.30. The van der Waals surface area contributed by atoms with Crippen molar-refractivity contribution in [3.8, 4) is 0 Å². The Kier molecular flexibility index (Phi) is 4.88. The number of carbonyl (C=O) groups excluding carboxylic acids is 1. The van der Waals surface area contributed by atoms with Crippen LogP contribution in [0.25, 0.3) is 0 Å². The van der Waals surface area contributed by atoms with Crippen LogP contribution in [0.5, 0.6) is 0 Å². The van der Waals surface area contributed by atoms with Crippen LogP contribution in [0.1, 0.15) is 47.6 Å². The monoisotopic (exact) mass is 365 g/mol. The molecule has 9 heteroatoms. The number of carbonyl (C=O) groups is 1. The molecule has 140 valence electrons. The molecule has 3 rings (SSSR count). The van der Waals surface area contributed by atoms with Gasteiger partial charge in [-0.25, -0.2) is 13.5 Å². The number of aryl methyl sites for hydroxylation is 1. The Bertz CT molecular complexity index is 888. The van der Waals surface area contributed by atoms with E-state index in [1.807, 2.05) is 13.8 Å². The quantitative estimate of drug-likeness (QED) is 0.828. The van der Waals surface area contributed by atoms with Crippen molar-refractivity contribution >= 4 is 5.91 Å². The van der Waals surface area contributed by atoms with Crippen molar-refractivity contribution in [2.75, 3.05) is 6.54 Å². The zero-order valence-corrected chi connectivity index (χ0v) is 14.9. The van der Waals surface area contributed by atoms with E-state index in [2.05, 4.69) is 10.2 Å². The van der Waals surface area contributed by atoms with Crippen molar-refractivity contribution in [1.82, 2.24) is 24.5 Å². The van der Waals surface area contributed by atoms with Crippen LogP contribution >= 0.6 is 0 Å². The molecule has 0 atom stereocenters. The van der Waals surface area contributed by atoms with Gasteiger partial charge in [-0.05, 0) is 5.92 Å². The number of rotatable bonds is 4. The summed E-state index contributed by atoms with van der Waals surface area (Å²) in [5, 5.41) is 8.29. The van der Waals surface area contributed by atoms with E-state index in [4.69, 9.17) is 0 Å². The standard InChI is InChI=1S/C17H21F2N5O2/c1-10(2)7-24-9-12(16(18)19)15(21-24)17(26)23-5-4-13-11(8-23)6-14(25)22(3)20-13/h6,9-10,16H,4-5,7-8H2,1-3H3. The van der Waals surface area contributed by atoms with E-state index in [-0.39, 0.29) is 29.3 Å². The highest BCUT2D eigenvalue weighted by atomic mass is 19.3. The van der Waals surface area contributed by atoms with Gasteiger partial charge in [0.15, 0.2) is 5.69 Å². The molecule has 3 heterocycles. The minimum Gasteiger partial charge on any atom is -0.332 e. The number of hydrogen-bond donors (Lipinski definition) is 0. The van der Waals surface area contributed by atoms with E-state index in [0.29, 0.717) is 25.1 Å². The van der Waals surface area contributed by atoms with Crippen LogP contribution in [-0.2, 0) is 26.6 Å². The Labute approximate surface area is 149 Å². The van der Waals surface area contributed by atoms with Gasteiger partial charge < -0.3 is 4.90 Å². The maximum absolute atomic E-state index is 13.4. The molecule has 2 aromatic heterocycles. The average Bonchev–Trinajstić information content (AvgIpc) is 2.98. The molecule has 0 spiro atoms. The SMILES string of the molecule is CC(C)Cn1cc(C(F)F)c(C(=O)N2CCc3nn(C)c(=O)cc3C2)n1. The van der Waals surface area contributed by atoms with Crippen LogP contribution in [0.3, 0.4) is 0 Å². The second kappa shape index (κ2) is 6.97. The van der Waals surface area contributed by atoms with Crippen molar-refractivity contribution < 1.29 is 13.6 Å². The highest BCUT2D eigenvalue weighted by molar-refractivity contribution is 5.94. The van der Waals surface area contributed by atoms with Gasteiger partial charge in [-0.15, -0.1) is 0 Å². The maximum Gasteiger partial charge on any atom is 0.275 e. The summed E-state index contributed by atoms with van der Waals surface area (Å²) in [4.78, 5) is 26.0. The molecule has 1 aliphatic rings. The van der Waals surface area contributed by atoms with Gasteiger partial charge in [-0.3, -0.25) is 14.3 Å². The second-order valence-electron chi connectivity index (χ2n) is 6.90. The van der Waals surface area contributed by atoms with Crippen LogP contribution in [0.2, 0.25) is 0 Å². The Hall–Kier alpha value is -2.58. The van der Waals surface area contributed by atoms with Crippen molar-refractivity contribution in [2.45, 2.75) is 39.8 Å². The molecular formula is C17H21F2N5O2. The predicted octanol–water partition coefficient (Wildman–Crippen LogP) is 1.77. The summed E-state index contributed by atoms with van der Waals surface area (Å²) in [7, 11) is 1.57. The molecule has 0 saturated heterocycles. The summed E-state index contributed by atoms with van der Waals surface area (Å²) in [6.07, 6.45) is -1.07. The van der Waals surface area contributed by atoms with Crippen LogP contribution < -0.4 is 5.56 Å². The Morgan fingerprint density at radius 3 is 2.69 bits per heavy atom. The van der Waals surface area contributed by atoms with Crippen molar-refractivity contribution in [3.63, 3.8) is 0 Å². The summed E-state index contributed by atoms with van der Waals surface area (Å²) >= 11 is 0. The van der Waals surface area contributed by atoms with Gasteiger partial charge >= 0.3 is 0 Å². The van der Waals surface area contributed by atoms with E-state index in [1.54, 1.807) is 7.05 Å². The summed E-state index contributed by atoms with van der Waals surface area (Å²) in [5.41, 5.74) is 0.542. The van der Waals surface area contributed by atoms with Crippen molar-refractivity contribution in [2.24, 2.45) is 13.0 Å². The van der Waals surface area contributed by atoms with E-state index < -0.39 is 12.3 Å². The number of hydrogen-bond acceptors (Lipinski definition) is 4. The van der Waals surface area contributed by atoms with Gasteiger partial charge in [0.25, 0.3) is 17.9 Å². The fraction of sp³-hybridized carbons (Fsp3) is 0.529. The molecule has 0 fully saturated rings. The highest BCUT2D eigenvalue weighted by Gasteiger charge is 2.30. The van der Waals surface area contributed by atoms with E-state index in [1.165, 1.54) is 26.5 Å². The number of amides is 1. The summed E-state index contributed by atoms with van der Waals surface area (Å²) in [6.45, 7) is 4.85. The molecular weight excluding hydrogens is 344 g/mol. The van der Waals surface area contributed by atoms with Crippen LogP contribution in [0.15, 0.2) is 17.1 Å². The lowest BCUT2D eigenvalue weighted by molar-refractivity contribution is 0.0714. The van der Waals surface area contributed by atoms with Crippen molar-refractivity contribution in [3.05, 3.63) is 45.1 Å². The van der Waals surface area contributed by atoms with E-state index in [0.717, 1.165) is 5.69 Å². The van der Waals surface area contributed by atoms with Crippen LogP contribution in [-0.4, -0.2) is 36.9 Å². The van der Waals surface area contributed by atoms with Crippen molar-refractivity contribution in [1.29, 1.82) is 0 Å². The first-order chi connectivity index (χ1) is 12.3. The Balaban J connectivity index is 1.88. The predicted molar refractivity (Wildman–Crippen MR) is 89.9 cm³/mol. The molecule has 26 heavy (non-hydrogen) atoms. The normalized spacial score (nSPS) is 14.2. The number of halogens is 2. The summed E-state index contributed by atoms with van der Waals surface area (Å²) in [6, 6.07) is 1.44. The fourth-order valence-electron chi connectivity index (χ4n) is 3.05. The smallest absolute Gasteiger partial charge is 0.275 e. The van der Waals surface area contributed by atoms with Crippen LogP contribution in [0, 0.1) is 5.92 Å². The maximum atomic E-state index is 13.4. The first kappa shape index (κ1) is 18.2. The summed E-state index contributed by atoms with van der Waals surface area (Å²) < 4.78 is 29.4. The number of alkyl halides is 2. The van der Waals surface area contributed by atoms with E-state index in [9.17, 15) is 18.4 Å². The van der Waals surface area contributed by atoms with Gasteiger partial charge in [0.1, 0.15) is 0 Å². The Morgan fingerprint density at radius 1 is 1.31 bits per heavy atom. The van der Waals surface area contributed by atoms with E-state index >= 15 is 0 Å². The number of nitrogens with zero attached hydrogens (tertiary/aromatic N) is 5.